The molecule has 1 saturated heterocycles. The molecule has 1 heterocycles. The highest BCUT2D eigenvalue weighted by Gasteiger charge is 2.39. The van der Waals surface area contributed by atoms with E-state index in [1.807, 2.05) is 0 Å². The van der Waals surface area contributed by atoms with Crippen LogP contribution in [0, 0.1) is 5.41 Å². The molecule has 0 aromatic rings. The number of guanidine groups is 1. The van der Waals surface area contributed by atoms with Gasteiger partial charge in [-0.3, -0.25) is 9.89 Å². The lowest BCUT2D eigenvalue weighted by atomic mass is 9.89. The van der Waals surface area contributed by atoms with E-state index in [4.69, 9.17) is 4.99 Å². The lowest BCUT2D eigenvalue weighted by Crippen LogP contribution is -2.45. The van der Waals surface area contributed by atoms with Gasteiger partial charge >= 0.3 is 0 Å². The molecule has 0 aromatic carbocycles. The van der Waals surface area contributed by atoms with Crippen LogP contribution < -0.4 is 10.6 Å². The summed E-state index contributed by atoms with van der Waals surface area (Å²) in [5, 5.41) is 7.14. The Bertz CT molecular complexity index is 396. The maximum absolute atomic E-state index is 4.92. The molecule has 4 nitrogen and oxygen atoms in total. The van der Waals surface area contributed by atoms with Crippen molar-refractivity contribution in [2.24, 2.45) is 10.4 Å². The van der Waals surface area contributed by atoms with E-state index in [9.17, 15) is 0 Å². The molecule has 2 saturated carbocycles. The predicted molar refractivity (Wildman–Crippen MR) is 93.3 cm³/mol. The van der Waals surface area contributed by atoms with Crippen LogP contribution in [0.4, 0.5) is 0 Å². The van der Waals surface area contributed by atoms with Gasteiger partial charge in [0.15, 0.2) is 5.96 Å². The summed E-state index contributed by atoms with van der Waals surface area (Å²) in [7, 11) is 0. The van der Waals surface area contributed by atoms with Crippen molar-refractivity contribution < 1.29 is 0 Å². The van der Waals surface area contributed by atoms with Crippen LogP contribution in [0.15, 0.2) is 4.99 Å². The quantitative estimate of drug-likeness (QED) is 0.606. The van der Waals surface area contributed by atoms with Crippen molar-refractivity contribution in [2.75, 3.05) is 19.6 Å². The van der Waals surface area contributed by atoms with Gasteiger partial charge in [-0.15, -0.1) is 0 Å². The van der Waals surface area contributed by atoms with Crippen molar-refractivity contribution in [1.29, 1.82) is 0 Å². The van der Waals surface area contributed by atoms with Crippen LogP contribution in [0.2, 0.25) is 0 Å². The van der Waals surface area contributed by atoms with E-state index in [0.717, 1.165) is 31.1 Å². The minimum atomic E-state index is 0.436. The van der Waals surface area contributed by atoms with Gasteiger partial charge in [0.1, 0.15) is 0 Å². The molecular weight excluding hydrogens is 272 g/mol. The summed E-state index contributed by atoms with van der Waals surface area (Å²) in [6, 6.07) is 2.16. The molecular formula is C18H34N4. The third-order valence-corrected chi connectivity index (χ3v) is 5.75. The molecule has 2 N–H and O–H groups in total. The van der Waals surface area contributed by atoms with Crippen LogP contribution in [0.3, 0.4) is 0 Å². The SMILES string of the molecule is CCNC(=NCC1(C)CCCC1)NC1CC(C)N(C2CC2)C1. The third-order valence-electron chi connectivity index (χ3n) is 5.75. The molecule has 2 atom stereocenters. The van der Waals surface area contributed by atoms with E-state index >= 15 is 0 Å². The maximum Gasteiger partial charge on any atom is 0.191 e. The monoisotopic (exact) mass is 306 g/mol. The Labute approximate surface area is 136 Å². The minimum absolute atomic E-state index is 0.436. The molecule has 3 fully saturated rings. The summed E-state index contributed by atoms with van der Waals surface area (Å²) in [5.74, 6) is 1.03. The first-order valence-electron chi connectivity index (χ1n) is 9.40. The third kappa shape index (κ3) is 3.95. The van der Waals surface area contributed by atoms with Crippen molar-refractivity contribution in [3.8, 4) is 0 Å². The lowest BCUT2D eigenvalue weighted by Gasteiger charge is -2.23. The molecule has 0 bridgehead atoms. The minimum Gasteiger partial charge on any atom is -0.357 e. The average Bonchev–Trinajstić information content (AvgIpc) is 3.14. The van der Waals surface area contributed by atoms with E-state index in [1.165, 1.54) is 51.5 Å². The van der Waals surface area contributed by atoms with E-state index in [1.54, 1.807) is 0 Å². The molecule has 0 radical (unpaired) electrons. The Morgan fingerprint density at radius 3 is 2.64 bits per heavy atom. The number of rotatable bonds is 5. The summed E-state index contributed by atoms with van der Waals surface area (Å²) in [5.41, 5.74) is 0.436. The first-order valence-corrected chi connectivity index (χ1v) is 9.40. The Kier molecular flexibility index (Phi) is 4.96. The summed E-state index contributed by atoms with van der Waals surface area (Å²) in [6.07, 6.45) is 9.50. The largest absolute Gasteiger partial charge is 0.357 e. The number of nitrogens with one attached hydrogen (secondary N) is 2. The van der Waals surface area contributed by atoms with Gasteiger partial charge < -0.3 is 10.6 Å². The van der Waals surface area contributed by atoms with Crippen LogP contribution in [-0.4, -0.2) is 48.6 Å². The number of aliphatic imine (C=N–C) groups is 1. The first-order chi connectivity index (χ1) is 10.6. The number of hydrogen-bond acceptors (Lipinski definition) is 2. The molecule has 22 heavy (non-hydrogen) atoms. The van der Waals surface area contributed by atoms with Gasteiger partial charge in [-0.25, -0.2) is 0 Å². The molecule has 1 aliphatic heterocycles. The smallest absolute Gasteiger partial charge is 0.191 e. The summed E-state index contributed by atoms with van der Waals surface area (Å²) < 4.78 is 0. The molecule has 3 aliphatic rings. The van der Waals surface area contributed by atoms with Gasteiger partial charge in [-0.05, 0) is 51.4 Å². The molecule has 3 rings (SSSR count). The highest BCUT2D eigenvalue weighted by Crippen LogP contribution is 2.37. The van der Waals surface area contributed by atoms with Crippen LogP contribution >= 0.6 is 0 Å². The fraction of sp³-hybridized carbons (Fsp3) is 0.944. The molecule has 2 aliphatic carbocycles. The average molecular weight is 306 g/mol. The van der Waals surface area contributed by atoms with E-state index in [0.29, 0.717) is 11.5 Å². The van der Waals surface area contributed by atoms with Crippen molar-refractivity contribution in [3.63, 3.8) is 0 Å². The van der Waals surface area contributed by atoms with Crippen LogP contribution in [-0.2, 0) is 0 Å². The van der Waals surface area contributed by atoms with Crippen molar-refractivity contribution >= 4 is 5.96 Å². The van der Waals surface area contributed by atoms with Gasteiger partial charge in [-0.1, -0.05) is 19.8 Å². The topological polar surface area (TPSA) is 39.7 Å². The van der Waals surface area contributed by atoms with Gasteiger partial charge in [0.25, 0.3) is 0 Å². The molecule has 2 unspecified atom stereocenters. The second-order valence-electron chi connectivity index (χ2n) is 8.07. The fourth-order valence-corrected chi connectivity index (χ4v) is 4.25. The zero-order chi connectivity index (χ0) is 15.6. The fourth-order valence-electron chi connectivity index (χ4n) is 4.25. The van der Waals surface area contributed by atoms with Crippen LogP contribution in [0.1, 0.15) is 65.7 Å². The van der Waals surface area contributed by atoms with Gasteiger partial charge in [0.2, 0.25) is 0 Å². The first kappa shape index (κ1) is 16.1. The predicted octanol–water partition coefficient (Wildman–Crippen LogP) is 2.75. The highest BCUT2D eigenvalue weighted by atomic mass is 15.3. The van der Waals surface area contributed by atoms with E-state index in [-0.39, 0.29) is 0 Å². The molecule has 0 spiro atoms. The Morgan fingerprint density at radius 2 is 2.00 bits per heavy atom. The summed E-state index contributed by atoms with van der Waals surface area (Å²) >= 11 is 0. The molecule has 0 amide bonds. The zero-order valence-electron chi connectivity index (χ0n) is 14.7. The van der Waals surface area contributed by atoms with Crippen molar-refractivity contribution in [2.45, 2.75) is 83.8 Å². The van der Waals surface area contributed by atoms with Crippen LogP contribution in [0.5, 0.6) is 0 Å². The van der Waals surface area contributed by atoms with Gasteiger partial charge in [0.05, 0.1) is 0 Å². The van der Waals surface area contributed by atoms with Crippen molar-refractivity contribution in [1.82, 2.24) is 15.5 Å². The standard InChI is InChI=1S/C18H34N4/c1-4-19-17(20-13-18(3)9-5-6-10-18)21-15-11-14(2)22(12-15)16-7-8-16/h14-16H,4-13H2,1-3H3,(H2,19,20,21). The summed E-state index contributed by atoms with van der Waals surface area (Å²) in [4.78, 5) is 7.61. The Balaban J connectivity index is 1.54. The van der Waals surface area contributed by atoms with Gasteiger partial charge in [-0.2, -0.15) is 0 Å². The molecule has 126 valence electrons. The van der Waals surface area contributed by atoms with E-state index in [2.05, 4.69) is 36.3 Å². The normalized spacial score (nSPS) is 32.4. The van der Waals surface area contributed by atoms with Crippen LogP contribution in [0.25, 0.3) is 0 Å². The van der Waals surface area contributed by atoms with E-state index < -0.39 is 0 Å². The zero-order valence-corrected chi connectivity index (χ0v) is 14.7. The number of nitrogens with zero attached hydrogens (tertiary/aromatic N) is 2. The second-order valence-corrected chi connectivity index (χ2v) is 8.07. The second kappa shape index (κ2) is 6.77. The Hall–Kier alpha value is -0.770. The molecule has 0 aromatic heterocycles. The van der Waals surface area contributed by atoms with Gasteiger partial charge in [0, 0.05) is 37.8 Å². The maximum atomic E-state index is 4.92. The lowest BCUT2D eigenvalue weighted by molar-refractivity contribution is 0.256. The van der Waals surface area contributed by atoms with Crippen molar-refractivity contribution in [3.05, 3.63) is 0 Å². The summed E-state index contributed by atoms with van der Waals surface area (Å²) in [6.45, 7) is 10.0. The highest BCUT2D eigenvalue weighted by molar-refractivity contribution is 5.80. The number of hydrogen-bond donors (Lipinski definition) is 2. The molecule has 4 heteroatoms. The Morgan fingerprint density at radius 1 is 1.27 bits per heavy atom. The number of likely N-dealkylation sites (tertiary alicyclic amines) is 1.